The highest BCUT2D eigenvalue weighted by Gasteiger charge is 2.24. The third kappa shape index (κ3) is 6.13. The molecule has 2 aromatic carbocycles. The van der Waals surface area contributed by atoms with Gasteiger partial charge in [0.15, 0.2) is 0 Å². The largest absolute Gasteiger partial charge is 0.496 e. The Balaban J connectivity index is 1.23. The van der Waals surface area contributed by atoms with Crippen molar-refractivity contribution in [3.63, 3.8) is 0 Å². The van der Waals surface area contributed by atoms with E-state index in [9.17, 15) is 0 Å². The quantitative estimate of drug-likeness (QED) is 0.407. The molecule has 2 fully saturated rings. The highest BCUT2D eigenvalue weighted by Crippen LogP contribution is 2.31. The lowest BCUT2D eigenvalue weighted by Gasteiger charge is -2.34. The van der Waals surface area contributed by atoms with E-state index in [1.807, 2.05) is 0 Å². The third-order valence-electron chi connectivity index (χ3n) is 8.09. The summed E-state index contributed by atoms with van der Waals surface area (Å²) in [5, 5.41) is 8.42. The molecule has 0 amide bonds. The molecule has 3 heterocycles. The maximum absolute atomic E-state index is 5.70. The van der Waals surface area contributed by atoms with E-state index >= 15 is 0 Å². The van der Waals surface area contributed by atoms with Gasteiger partial charge in [-0.05, 0) is 62.5 Å². The van der Waals surface area contributed by atoms with E-state index in [0.29, 0.717) is 12.0 Å². The van der Waals surface area contributed by atoms with Gasteiger partial charge < -0.3 is 25.2 Å². The second-order valence-corrected chi connectivity index (χ2v) is 10.9. The highest BCUT2D eigenvalue weighted by atomic mass is 16.5. The number of benzene rings is 2. The van der Waals surface area contributed by atoms with Gasteiger partial charge in [-0.25, -0.2) is 4.98 Å². The number of anilines is 3. The molecule has 2 aliphatic heterocycles. The van der Waals surface area contributed by atoms with Crippen LogP contribution in [0.25, 0.3) is 10.9 Å². The molecule has 1 atom stereocenters. The van der Waals surface area contributed by atoms with Gasteiger partial charge in [-0.3, -0.25) is 4.90 Å². The normalized spacial score (nSPS) is 19.1. The first-order chi connectivity index (χ1) is 18.5. The van der Waals surface area contributed by atoms with E-state index in [1.54, 1.807) is 7.11 Å². The van der Waals surface area contributed by atoms with Crippen molar-refractivity contribution < 1.29 is 4.74 Å². The van der Waals surface area contributed by atoms with Gasteiger partial charge in [-0.2, -0.15) is 4.98 Å². The lowest BCUT2D eigenvalue weighted by molar-refractivity contribution is 0.209. The molecular formula is C30H43N7O. The summed E-state index contributed by atoms with van der Waals surface area (Å²) in [4.78, 5) is 17.0. The molecule has 5 rings (SSSR count). The molecule has 0 spiro atoms. The van der Waals surface area contributed by atoms with Crippen molar-refractivity contribution in [1.29, 1.82) is 0 Å². The summed E-state index contributed by atoms with van der Waals surface area (Å²) in [6.07, 6.45) is 3.38. The van der Waals surface area contributed by atoms with Crippen LogP contribution >= 0.6 is 0 Å². The minimum atomic E-state index is 0.385. The van der Waals surface area contributed by atoms with Gasteiger partial charge in [0, 0.05) is 69.5 Å². The average Bonchev–Trinajstić information content (AvgIpc) is 3.41. The number of hydrogen-bond acceptors (Lipinski definition) is 8. The van der Waals surface area contributed by atoms with Crippen molar-refractivity contribution in [2.75, 3.05) is 76.0 Å². The Morgan fingerprint density at radius 2 is 1.76 bits per heavy atom. The fraction of sp³-hybridized carbons (Fsp3) is 0.533. The van der Waals surface area contributed by atoms with Gasteiger partial charge in [-0.1, -0.05) is 25.1 Å². The summed E-state index contributed by atoms with van der Waals surface area (Å²) < 4.78 is 5.70. The number of para-hydroxylation sites is 1. The predicted octanol–water partition coefficient (Wildman–Crippen LogP) is 4.53. The second-order valence-electron chi connectivity index (χ2n) is 10.9. The smallest absolute Gasteiger partial charge is 0.225 e. The van der Waals surface area contributed by atoms with Crippen LogP contribution < -0.4 is 20.3 Å². The molecule has 8 nitrogen and oxygen atoms in total. The molecule has 0 bridgehead atoms. The molecular weight excluding hydrogens is 474 g/mol. The summed E-state index contributed by atoms with van der Waals surface area (Å²) in [6, 6.07) is 15.0. The number of aromatic nitrogens is 2. The van der Waals surface area contributed by atoms with Gasteiger partial charge >= 0.3 is 0 Å². The Kier molecular flexibility index (Phi) is 8.49. The molecule has 1 aromatic heterocycles. The Morgan fingerprint density at radius 1 is 0.974 bits per heavy atom. The number of nitrogens with one attached hydrogen (secondary N) is 2. The number of rotatable bonds is 10. The molecule has 2 N–H and O–H groups in total. The zero-order valence-corrected chi connectivity index (χ0v) is 23.4. The van der Waals surface area contributed by atoms with Crippen LogP contribution in [0.5, 0.6) is 5.75 Å². The molecule has 0 saturated carbocycles. The van der Waals surface area contributed by atoms with Crippen LogP contribution in [-0.4, -0.2) is 86.3 Å². The monoisotopic (exact) mass is 517 g/mol. The lowest BCUT2D eigenvalue weighted by Crippen LogP contribution is -2.39. The van der Waals surface area contributed by atoms with Crippen LogP contribution in [0, 0.1) is 5.92 Å². The first-order valence-electron chi connectivity index (χ1n) is 14.1. The number of ether oxygens (including phenoxy) is 1. The highest BCUT2D eigenvalue weighted by molar-refractivity contribution is 5.90. The van der Waals surface area contributed by atoms with E-state index in [0.717, 1.165) is 80.5 Å². The van der Waals surface area contributed by atoms with Crippen molar-refractivity contribution in [3.05, 3.63) is 48.0 Å². The number of nitrogens with zero attached hydrogens (tertiary/aromatic N) is 5. The Hall–Kier alpha value is -3.10. The van der Waals surface area contributed by atoms with Gasteiger partial charge in [0.25, 0.3) is 0 Å². The standard InChI is InChI=1S/C30H43N7O/c1-5-36-16-13-22(20-36)19-31-30-33-26-10-7-6-9-24(26)29(34-30)32-23-14-17-37(18-15-23)21-25-27(35(2)3)11-8-12-28(25)38-4/h6-12,22-23H,5,13-21H2,1-4H3,(H2,31,32,33,34). The summed E-state index contributed by atoms with van der Waals surface area (Å²) >= 11 is 0. The maximum atomic E-state index is 5.70. The van der Waals surface area contributed by atoms with Crippen LogP contribution in [0.1, 0.15) is 31.7 Å². The minimum absolute atomic E-state index is 0.385. The minimum Gasteiger partial charge on any atom is -0.496 e. The Bertz CT molecular complexity index is 1210. The zero-order valence-electron chi connectivity index (χ0n) is 23.4. The number of hydrogen-bond donors (Lipinski definition) is 2. The van der Waals surface area contributed by atoms with Gasteiger partial charge in [0.1, 0.15) is 11.6 Å². The summed E-state index contributed by atoms with van der Waals surface area (Å²) in [5.41, 5.74) is 3.46. The van der Waals surface area contributed by atoms with Crippen molar-refractivity contribution in [3.8, 4) is 5.75 Å². The molecule has 38 heavy (non-hydrogen) atoms. The van der Waals surface area contributed by atoms with Gasteiger partial charge in [0.05, 0.1) is 12.6 Å². The van der Waals surface area contributed by atoms with Crippen LogP contribution in [0.3, 0.4) is 0 Å². The maximum Gasteiger partial charge on any atom is 0.225 e. The van der Waals surface area contributed by atoms with Crippen LogP contribution in [0.4, 0.5) is 17.5 Å². The predicted molar refractivity (Wildman–Crippen MR) is 157 cm³/mol. The zero-order chi connectivity index (χ0) is 26.5. The Morgan fingerprint density at radius 3 is 2.50 bits per heavy atom. The fourth-order valence-electron chi connectivity index (χ4n) is 5.84. The van der Waals surface area contributed by atoms with Crippen molar-refractivity contribution in [2.45, 2.75) is 38.8 Å². The molecule has 3 aromatic rings. The first-order valence-corrected chi connectivity index (χ1v) is 14.1. The molecule has 0 aliphatic carbocycles. The van der Waals surface area contributed by atoms with E-state index in [4.69, 9.17) is 14.7 Å². The van der Waals surface area contributed by atoms with Crippen LogP contribution in [0.2, 0.25) is 0 Å². The number of fused-ring (bicyclic) bond motifs is 1. The van der Waals surface area contributed by atoms with Crippen molar-refractivity contribution >= 4 is 28.4 Å². The van der Waals surface area contributed by atoms with E-state index in [2.05, 4.69) is 88.8 Å². The molecule has 204 valence electrons. The molecule has 2 aliphatic rings. The van der Waals surface area contributed by atoms with Gasteiger partial charge in [-0.15, -0.1) is 0 Å². The topological polar surface area (TPSA) is 68.8 Å². The second kappa shape index (κ2) is 12.2. The van der Waals surface area contributed by atoms with Crippen molar-refractivity contribution in [1.82, 2.24) is 19.8 Å². The summed E-state index contributed by atoms with van der Waals surface area (Å²) in [7, 11) is 5.95. The lowest BCUT2D eigenvalue weighted by atomic mass is 10.0. The fourth-order valence-corrected chi connectivity index (χ4v) is 5.84. The SMILES string of the molecule is CCN1CCC(CNc2nc(NC3CCN(Cc4c(OC)cccc4N(C)C)CC3)c3ccccc3n2)C1. The summed E-state index contributed by atoms with van der Waals surface area (Å²) in [5.74, 6) is 3.29. The van der Waals surface area contributed by atoms with Gasteiger partial charge in [0.2, 0.25) is 5.95 Å². The molecule has 8 heteroatoms. The number of likely N-dealkylation sites (tertiary alicyclic amines) is 2. The van der Waals surface area contributed by atoms with E-state index in [-0.39, 0.29) is 0 Å². The number of piperidine rings is 1. The van der Waals surface area contributed by atoms with E-state index < -0.39 is 0 Å². The van der Waals surface area contributed by atoms with Crippen molar-refractivity contribution in [2.24, 2.45) is 5.92 Å². The molecule has 2 saturated heterocycles. The van der Waals surface area contributed by atoms with Crippen LogP contribution in [-0.2, 0) is 6.54 Å². The average molecular weight is 518 g/mol. The third-order valence-corrected chi connectivity index (χ3v) is 8.09. The van der Waals surface area contributed by atoms with Crippen LogP contribution in [0.15, 0.2) is 42.5 Å². The van der Waals surface area contributed by atoms with E-state index in [1.165, 1.54) is 24.2 Å². The number of methoxy groups -OCH3 is 1. The summed E-state index contributed by atoms with van der Waals surface area (Å²) in [6.45, 7) is 9.61. The molecule has 0 radical (unpaired) electrons. The Labute approximate surface area is 227 Å². The molecule has 1 unspecified atom stereocenters. The first kappa shape index (κ1) is 26.5.